The fourth-order valence-electron chi connectivity index (χ4n) is 2.76. The fraction of sp³-hybridized carbons (Fsp3) is 0.562. The second kappa shape index (κ2) is 7.31. The molecule has 1 heterocycles. The van der Waals surface area contributed by atoms with Gasteiger partial charge >= 0.3 is 0 Å². The van der Waals surface area contributed by atoms with E-state index in [1.54, 1.807) is 18.2 Å². The molecule has 5 nitrogen and oxygen atoms in total. The van der Waals surface area contributed by atoms with Gasteiger partial charge in [-0.3, -0.25) is 4.79 Å². The zero-order chi connectivity index (χ0) is 15.2. The standard InChI is InChI=1S/C16H26N4O/c1-2-12-5-8-20(9-6-12)10-7-19-16(21)13-3-4-14(17)15(18)11-13/h3-4,11-12H,2,5-10,17-18H2,1H3,(H,19,21). The lowest BCUT2D eigenvalue weighted by atomic mass is 9.94. The van der Waals surface area contributed by atoms with Crippen LogP contribution in [0.2, 0.25) is 0 Å². The van der Waals surface area contributed by atoms with Crippen LogP contribution in [0.3, 0.4) is 0 Å². The van der Waals surface area contributed by atoms with Crippen LogP contribution in [0.1, 0.15) is 36.5 Å². The van der Waals surface area contributed by atoms with Gasteiger partial charge in [-0.05, 0) is 50.0 Å². The van der Waals surface area contributed by atoms with Crippen LogP contribution in [-0.4, -0.2) is 37.0 Å². The maximum absolute atomic E-state index is 12.0. The van der Waals surface area contributed by atoms with Crippen LogP contribution < -0.4 is 16.8 Å². The highest BCUT2D eigenvalue weighted by Crippen LogP contribution is 2.19. The van der Waals surface area contributed by atoms with Crippen molar-refractivity contribution < 1.29 is 4.79 Å². The molecule has 0 bridgehead atoms. The average molecular weight is 290 g/mol. The van der Waals surface area contributed by atoms with Gasteiger partial charge in [-0.15, -0.1) is 0 Å². The molecule has 0 atom stereocenters. The van der Waals surface area contributed by atoms with Gasteiger partial charge in [-0.1, -0.05) is 13.3 Å². The smallest absolute Gasteiger partial charge is 0.251 e. The number of benzene rings is 1. The summed E-state index contributed by atoms with van der Waals surface area (Å²) in [7, 11) is 0. The Morgan fingerprint density at radius 2 is 2.00 bits per heavy atom. The highest BCUT2D eigenvalue weighted by atomic mass is 16.1. The Labute approximate surface area is 126 Å². The molecule has 1 aliphatic rings. The lowest BCUT2D eigenvalue weighted by Gasteiger charge is -2.31. The van der Waals surface area contributed by atoms with E-state index in [0.717, 1.165) is 25.6 Å². The van der Waals surface area contributed by atoms with Crippen LogP contribution in [0.5, 0.6) is 0 Å². The normalized spacial score (nSPS) is 16.8. The van der Waals surface area contributed by atoms with Crippen molar-refractivity contribution in [2.45, 2.75) is 26.2 Å². The predicted molar refractivity (Wildman–Crippen MR) is 87.1 cm³/mol. The summed E-state index contributed by atoms with van der Waals surface area (Å²) in [5.41, 5.74) is 12.9. The molecule has 116 valence electrons. The summed E-state index contributed by atoms with van der Waals surface area (Å²) in [6.45, 7) is 6.12. The number of nitrogens with zero attached hydrogens (tertiary/aromatic N) is 1. The number of hydrogen-bond donors (Lipinski definition) is 3. The van der Waals surface area contributed by atoms with Crippen LogP contribution in [-0.2, 0) is 0 Å². The van der Waals surface area contributed by atoms with Crippen LogP contribution in [0, 0.1) is 5.92 Å². The predicted octanol–water partition coefficient (Wildman–Crippen LogP) is 1.70. The topological polar surface area (TPSA) is 84.4 Å². The number of carbonyl (C=O) groups excluding carboxylic acids is 1. The van der Waals surface area contributed by atoms with E-state index in [-0.39, 0.29) is 5.91 Å². The van der Waals surface area contributed by atoms with Gasteiger partial charge in [-0.2, -0.15) is 0 Å². The molecule has 5 heteroatoms. The van der Waals surface area contributed by atoms with Gasteiger partial charge in [0.05, 0.1) is 11.4 Å². The number of anilines is 2. The van der Waals surface area contributed by atoms with Crippen molar-refractivity contribution in [1.82, 2.24) is 10.2 Å². The number of nitrogens with two attached hydrogens (primary N) is 2. The van der Waals surface area contributed by atoms with Gasteiger partial charge in [0.1, 0.15) is 0 Å². The SMILES string of the molecule is CCC1CCN(CCNC(=O)c2ccc(N)c(N)c2)CC1. The Morgan fingerprint density at radius 3 is 2.62 bits per heavy atom. The van der Waals surface area contributed by atoms with Crippen molar-refractivity contribution >= 4 is 17.3 Å². The lowest BCUT2D eigenvalue weighted by molar-refractivity contribution is 0.0944. The first-order valence-corrected chi connectivity index (χ1v) is 7.75. The van der Waals surface area contributed by atoms with Crippen molar-refractivity contribution in [3.8, 4) is 0 Å². The van der Waals surface area contributed by atoms with Crippen molar-refractivity contribution in [2.75, 3.05) is 37.6 Å². The van der Waals surface area contributed by atoms with Crippen molar-refractivity contribution in [1.29, 1.82) is 0 Å². The third kappa shape index (κ3) is 4.36. The van der Waals surface area contributed by atoms with Gasteiger partial charge in [0.2, 0.25) is 0 Å². The average Bonchev–Trinajstić information content (AvgIpc) is 2.50. The van der Waals surface area contributed by atoms with E-state index in [1.165, 1.54) is 19.3 Å². The Morgan fingerprint density at radius 1 is 1.29 bits per heavy atom. The molecule has 2 rings (SSSR count). The maximum Gasteiger partial charge on any atom is 0.251 e. The third-order valence-corrected chi connectivity index (χ3v) is 4.35. The second-order valence-corrected chi connectivity index (χ2v) is 5.79. The van der Waals surface area contributed by atoms with Crippen LogP contribution in [0.15, 0.2) is 18.2 Å². The highest BCUT2D eigenvalue weighted by Gasteiger charge is 2.17. The number of carbonyl (C=O) groups is 1. The van der Waals surface area contributed by atoms with Gasteiger partial charge in [0.25, 0.3) is 5.91 Å². The maximum atomic E-state index is 12.0. The summed E-state index contributed by atoms with van der Waals surface area (Å²) in [6.07, 6.45) is 3.83. The summed E-state index contributed by atoms with van der Waals surface area (Å²) < 4.78 is 0. The zero-order valence-corrected chi connectivity index (χ0v) is 12.8. The van der Waals surface area contributed by atoms with Crippen LogP contribution >= 0.6 is 0 Å². The molecular weight excluding hydrogens is 264 g/mol. The first-order valence-electron chi connectivity index (χ1n) is 7.75. The Hall–Kier alpha value is -1.75. The largest absolute Gasteiger partial charge is 0.397 e. The minimum absolute atomic E-state index is 0.0925. The van der Waals surface area contributed by atoms with Gasteiger partial charge in [0, 0.05) is 18.7 Å². The number of hydrogen-bond acceptors (Lipinski definition) is 4. The molecule has 0 radical (unpaired) electrons. The molecule has 0 aromatic heterocycles. The molecule has 1 aromatic rings. The first kappa shape index (κ1) is 15.6. The molecule has 0 unspecified atom stereocenters. The van der Waals surface area contributed by atoms with Crippen molar-refractivity contribution in [3.63, 3.8) is 0 Å². The molecule has 21 heavy (non-hydrogen) atoms. The van der Waals surface area contributed by atoms with E-state index in [2.05, 4.69) is 17.1 Å². The number of nitrogens with one attached hydrogen (secondary N) is 1. The van der Waals surface area contributed by atoms with Crippen molar-refractivity contribution in [2.24, 2.45) is 5.92 Å². The first-order chi connectivity index (χ1) is 10.1. The van der Waals surface area contributed by atoms with E-state index in [9.17, 15) is 4.79 Å². The Kier molecular flexibility index (Phi) is 5.44. The van der Waals surface area contributed by atoms with Crippen molar-refractivity contribution in [3.05, 3.63) is 23.8 Å². The second-order valence-electron chi connectivity index (χ2n) is 5.79. The van der Waals surface area contributed by atoms with Crippen LogP contribution in [0.25, 0.3) is 0 Å². The van der Waals surface area contributed by atoms with E-state index >= 15 is 0 Å². The zero-order valence-electron chi connectivity index (χ0n) is 12.8. The minimum atomic E-state index is -0.0925. The van der Waals surface area contributed by atoms with Gasteiger partial charge < -0.3 is 21.7 Å². The number of nitrogen functional groups attached to an aromatic ring is 2. The monoisotopic (exact) mass is 290 g/mol. The summed E-state index contributed by atoms with van der Waals surface area (Å²) >= 11 is 0. The Balaban J connectivity index is 1.73. The number of amides is 1. The summed E-state index contributed by atoms with van der Waals surface area (Å²) in [5.74, 6) is 0.790. The summed E-state index contributed by atoms with van der Waals surface area (Å²) in [5, 5.41) is 2.94. The molecule has 1 aromatic carbocycles. The third-order valence-electron chi connectivity index (χ3n) is 4.35. The number of rotatable bonds is 5. The van der Waals surface area contributed by atoms with E-state index < -0.39 is 0 Å². The summed E-state index contributed by atoms with van der Waals surface area (Å²) in [6, 6.07) is 4.99. The highest BCUT2D eigenvalue weighted by molar-refractivity contribution is 5.95. The minimum Gasteiger partial charge on any atom is -0.397 e. The molecule has 0 aliphatic carbocycles. The molecule has 1 fully saturated rings. The summed E-state index contributed by atoms with van der Waals surface area (Å²) in [4.78, 5) is 14.4. The molecule has 1 amide bonds. The molecule has 1 saturated heterocycles. The molecule has 1 aliphatic heterocycles. The number of piperidine rings is 1. The quantitative estimate of drug-likeness (QED) is 0.721. The fourth-order valence-corrected chi connectivity index (χ4v) is 2.76. The molecule has 0 saturated carbocycles. The van der Waals surface area contributed by atoms with Gasteiger partial charge in [-0.25, -0.2) is 0 Å². The van der Waals surface area contributed by atoms with E-state index in [4.69, 9.17) is 11.5 Å². The number of likely N-dealkylation sites (tertiary alicyclic amines) is 1. The lowest BCUT2D eigenvalue weighted by Crippen LogP contribution is -2.39. The van der Waals surface area contributed by atoms with E-state index in [1.807, 2.05) is 0 Å². The molecule has 0 spiro atoms. The van der Waals surface area contributed by atoms with Gasteiger partial charge in [0.15, 0.2) is 0 Å². The van der Waals surface area contributed by atoms with Crippen LogP contribution in [0.4, 0.5) is 11.4 Å². The molecular formula is C16H26N4O. The van der Waals surface area contributed by atoms with E-state index in [0.29, 0.717) is 23.5 Å². The molecule has 5 N–H and O–H groups in total. The Bertz CT molecular complexity index is 481.